The van der Waals surface area contributed by atoms with Crippen LogP contribution in [-0.4, -0.2) is 24.7 Å². The molecule has 0 aliphatic rings. The molecule has 120 valence electrons. The van der Waals surface area contributed by atoms with Crippen molar-refractivity contribution in [1.82, 2.24) is 0 Å². The summed E-state index contributed by atoms with van der Waals surface area (Å²) in [5, 5.41) is 3.45. The third-order valence-electron chi connectivity index (χ3n) is 2.96. The Hall–Kier alpha value is -1.98. The van der Waals surface area contributed by atoms with Gasteiger partial charge in [0.2, 0.25) is 5.91 Å². The SMILES string of the molecule is COC(=O)c1cccc(NC(=O)CSCc2cccc(Cl)c2)c1. The van der Waals surface area contributed by atoms with Crippen molar-refractivity contribution >= 4 is 40.9 Å². The fourth-order valence-corrected chi connectivity index (χ4v) is 2.91. The van der Waals surface area contributed by atoms with Gasteiger partial charge in [-0.05, 0) is 35.9 Å². The molecule has 0 unspecified atom stereocenters. The van der Waals surface area contributed by atoms with Crippen LogP contribution in [0.15, 0.2) is 48.5 Å². The molecule has 0 fully saturated rings. The molecule has 2 aromatic carbocycles. The number of methoxy groups -OCH3 is 1. The number of rotatable bonds is 6. The average molecular weight is 350 g/mol. The molecule has 1 N–H and O–H groups in total. The molecule has 0 radical (unpaired) electrons. The topological polar surface area (TPSA) is 55.4 Å². The number of carbonyl (C=O) groups is 2. The Kier molecular flexibility index (Phi) is 6.50. The van der Waals surface area contributed by atoms with Crippen LogP contribution in [0, 0.1) is 0 Å². The van der Waals surface area contributed by atoms with Gasteiger partial charge in [0.1, 0.15) is 0 Å². The Labute approximate surface area is 144 Å². The van der Waals surface area contributed by atoms with E-state index in [2.05, 4.69) is 10.1 Å². The molecule has 2 rings (SSSR count). The number of carbonyl (C=O) groups excluding carboxylic acids is 2. The maximum Gasteiger partial charge on any atom is 0.337 e. The number of hydrogen-bond donors (Lipinski definition) is 1. The van der Waals surface area contributed by atoms with Crippen LogP contribution in [0.4, 0.5) is 5.69 Å². The zero-order chi connectivity index (χ0) is 16.7. The minimum Gasteiger partial charge on any atom is -0.465 e. The van der Waals surface area contributed by atoms with Gasteiger partial charge in [-0.15, -0.1) is 11.8 Å². The van der Waals surface area contributed by atoms with Gasteiger partial charge in [-0.2, -0.15) is 0 Å². The molecule has 2 aromatic rings. The molecular formula is C17H16ClNO3S. The molecule has 0 heterocycles. The van der Waals surface area contributed by atoms with Gasteiger partial charge in [0, 0.05) is 16.5 Å². The second-order valence-electron chi connectivity index (χ2n) is 4.74. The van der Waals surface area contributed by atoms with Crippen molar-refractivity contribution < 1.29 is 14.3 Å². The summed E-state index contributed by atoms with van der Waals surface area (Å²) in [6.07, 6.45) is 0. The van der Waals surface area contributed by atoms with Gasteiger partial charge in [-0.3, -0.25) is 4.79 Å². The molecule has 0 saturated heterocycles. The molecule has 1 amide bonds. The predicted octanol–water partition coefficient (Wildman–Crippen LogP) is 4.00. The zero-order valence-corrected chi connectivity index (χ0v) is 14.1. The largest absolute Gasteiger partial charge is 0.465 e. The fourth-order valence-electron chi connectivity index (χ4n) is 1.93. The van der Waals surface area contributed by atoms with Crippen molar-refractivity contribution in [2.75, 3.05) is 18.2 Å². The van der Waals surface area contributed by atoms with E-state index in [0.29, 0.717) is 27.8 Å². The van der Waals surface area contributed by atoms with E-state index in [1.165, 1.54) is 18.9 Å². The van der Waals surface area contributed by atoms with E-state index in [-0.39, 0.29) is 5.91 Å². The van der Waals surface area contributed by atoms with Gasteiger partial charge in [0.05, 0.1) is 18.4 Å². The Morgan fingerprint density at radius 2 is 1.96 bits per heavy atom. The first-order valence-electron chi connectivity index (χ1n) is 6.89. The number of nitrogens with one attached hydrogen (secondary N) is 1. The highest BCUT2D eigenvalue weighted by Crippen LogP contribution is 2.17. The van der Waals surface area contributed by atoms with Crippen molar-refractivity contribution in [3.05, 3.63) is 64.7 Å². The lowest BCUT2D eigenvalue weighted by molar-refractivity contribution is -0.113. The number of halogens is 1. The van der Waals surface area contributed by atoms with Crippen LogP contribution >= 0.6 is 23.4 Å². The van der Waals surface area contributed by atoms with E-state index < -0.39 is 5.97 Å². The van der Waals surface area contributed by atoms with Crippen LogP contribution in [0.3, 0.4) is 0 Å². The quantitative estimate of drug-likeness (QED) is 0.801. The summed E-state index contributed by atoms with van der Waals surface area (Å²) in [5.74, 6) is 0.459. The van der Waals surface area contributed by atoms with Gasteiger partial charge in [-0.25, -0.2) is 4.79 Å². The Balaban J connectivity index is 1.84. The lowest BCUT2D eigenvalue weighted by atomic mass is 10.2. The normalized spacial score (nSPS) is 10.2. The van der Waals surface area contributed by atoms with E-state index in [1.54, 1.807) is 24.3 Å². The molecule has 0 saturated carbocycles. The van der Waals surface area contributed by atoms with Crippen molar-refractivity contribution in [3.63, 3.8) is 0 Å². The standard InChI is InChI=1S/C17H16ClNO3S/c1-22-17(21)13-5-3-7-15(9-13)19-16(20)11-23-10-12-4-2-6-14(18)8-12/h2-9H,10-11H2,1H3,(H,19,20). The fraction of sp³-hybridized carbons (Fsp3) is 0.176. The monoisotopic (exact) mass is 349 g/mol. The number of ether oxygens (including phenoxy) is 1. The Morgan fingerprint density at radius 3 is 2.70 bits per heavy atom. The molecule has 0 atom stereocenters. The molecule has 4 nitrogen and oxygen atoms in total. The third kappa shape index (κ3) is 5.62. The van der Waals surface area contributed by atoms with Crippen LogP contribution in [0.1, 0.15) is 15.9 Å². The lowest BCUT2D eigenvalue weighted by Crippen LogP contribution is -2.14. The smallest absolute Gasteiger partial charge is 0.337 e. The maximum atomic E-state index is 11.9. The van der Waals surface area contributed by atoms with Crippen molar-refractivity contribution in [1.29, 1.82) is 0 Å². The summed E-state index contributed by atoms with van der Waals surface area (Å²) in [7, 11) is 1.32. The summed E-state index contributed by atoms with van der Waals surface area (Å²) in [5.41, 5.74) is 2.04. The second-order valence-corrected chi connectivity index (χ2v) is 6.17. The van der Waals surface area contributed by atoms with Crippen LogP contribution in [-0.2, 0) is 15.3 Å². The number of thioether (sulfide) groups is 1. The van der Waals surface area contributed by atoms with Crippen LogP contribution < -0.4 is 5.32 Å². The zero-order valence-electron chi connectivity index (χ0n) is 12.5. The van der Waals surface area contributed by atoms with Gasteiger partial charge < -0.3 is 10.1 Å². The average Bonchev–Trinajstić information content (AvgIpc) is 2.54. The van der Waals surface area contributed by atoms with E-state index in [4.69, 9.17) is 11.6 Å². The molecule has 0 aliphatic carbocycles. The predicted molar refractivity (Wildman–Crippen MR) is 94.0 cm³/mol. The van der Waals surface area contributed by atoms with Gasteiger partial charge in [0.15, 0.2) is 0 Å². The Morgan fingerprint density at radius 1 is 1.17 bits per heavy atom. The molecule has 23 heavy (non-hydrogen) atoms. The number of anilines is 1. The summed E-state index contributed by atoms with van der Waals surface area (Å²) < 4.78 is 4.65. The summed E-state index contributed by atoms with van der Waals surface area (Å²) in [6.45, 7) is 0. The molecule has 0 bridgehead atoms. The lowest BCUT2D eigenvalue weighted by Gasteiger charge is -2.07. The van der Waals surface area contributed by atoms with Crippen LogP contribution in [0.2, 0.25) is 5.02 Å². The number of amides is 1. The first-order valence-corrected chi connectivity index (χ1v) is 8.42. The van der Waals surface area contributed by atoms with Crippen LogP contribution in [0.25, 0.3) is 0 Å². The van der Waals surface area contributed by atoms with E-state index in [9.17, 15) is 9.59 Å². The number of benzene rings is 2. The highest BCUT2D eigenvalue weighted by molar-refractivity contribution is 7.99. The Bertz CT molecular complexity index is 706. The summed E-state index contributed by atoms with van der Waals surface area (Å²) >= 11 is 7.41. The van der Waals surface area contributed by atoms with Crippen molar-refractivity contribution in [3.8, 4) is 0 Å². The molecule has 6 heteroatoms. The molecule has 0 aromatic heterocycles. The highest BCUT2D eigenvalue weighted by atomic mass is 35.5. The molecule has 0 spiro atoms. The van der Waals surface area contributed by atoms with Crippen molar-refractivity contribution in [2.45, 2.75) is 5.75 Å². The number of hydrogen-bond acceptors (Lipinski definition) is 4. The van der Waals surface area contributed by atoms with E-state index >= 15 is 0 Å². The molecular weight excluding hydrogens is 334 g/mol. The van der Waals surface area contributed by atoms with Gasteiger partial charge in [0.25, 0.3) is 0 Å². The van der Waals surface area contributed by atoms with E-state index in [0.717, 1.165) is 5.56 Å². The first-order chi connectivity index (χ1) is 11.1. The highest BCUT2D eigenvalue weighted by Gasteiger charge is 2.08. The molecule has 0 aliphatic heterocycles. The second kappa shape index (κ2) is 8.60. The maximum absolute atomic E-state index is 11.9. The van der Waals surface area contributed by atoms with Crippen LogP contribution in [0.5, 0.6) is 0 Å². The minimum atomic E-state index is -0.434. The van der Waals surface area contributed by atoms with Gasteiger partial charge in [-0.1, -0.05) is 29.8 Å². The third-order valence-corrected chi connectivity index (χ3v) is 4.20. The van der Waals surface area contributed by atoms with Gasteiger partial charge >= 0.3 is 5.97 Å². The summed E-state index contributed by atoms with van der Waals surface area (Å²) in [6, 6.07) is 14.2. The van der Waals surface area contributed by atoms with Crippen molar-refractivity contribution in [2.24, 2.45) is 0 Å². The number of esters is 1. The first kappa shape index (κ1) is 17.4. The summed E-state index contributed by atoms with van der Waals surface area (Å²) in [4.78, 5) is 23.4. The minimum absolute atomic E-state index is 0.126. The van der Waals surface area contributed by atoms with E-state index in [1.807, 2.05) is 24.3 Å².